The lowest BCUT2D eigenvalue weighted by Gasteiger charge is -1.98. The number of nitriles is 2. The molecule has 0 aromatic heterocycles. The van der Waals surface area contributed by atoms with Crippen LogP contribution in [-0.2, 0) is 0 Å². The zero-order valence-electron chi connectivity index (χ0n) is 7.31. The summed E-state index contributed by atoms with van der Waals surface area (Å²) in [5, 5.41) is 17.8. The van der Waals surface area contributed by atoms with Crippen LogP contribution in [0.3, 0.4) is 0 Å². The van der Waals surface area contributed by atoms with Gasteiger partial charge in [-0.3, -0.25) is 0 Å². The Labute approximate surface area is 87.4 Å². The Morgan fingerprint density at radius 2 is 1.77 bits per heavy atom. The quantitative estimate of drug-likeness (QED) is 0.674. The van der Waals surface area contributed by atoms with Crippen LogP contribution in [-0.4, -0.2) is 0 Å². The normalized spacial score (nSPS) is 26.8. The van der Waals surface area contributed by atoms with E-state index in [9.17, 15) is 0 Å². The Morgan fingerprint density at radius 1 is 1.31 bits per heavy atom. The minimum atomic E-state index is -0.956. The predicted octanol–water partition coefficient (Wildman–Crippen LogP) is 2.99. The van der Waals surface area contributed by atoms with Crippen molar-refractivity contribution in [3.05, 3.63) is 10.6 Å². The lowest BCUT2D eigenvalue weighted by atomic mass is 10.00. The minimum absolute atomic E-state index is 0.116. The van der Waals surface area contributed by atoms with Gasteiger partial charge in [-0.25, -0.2) is 0 Å². The fourth-order valence-corrected chi connectivity index (χ4v) is 1.97. The number of allylic oxidation sites excluding steroid dienone is 1. The molecule has 1 unspecified atom stereocenters. The summed E-state index contributed by atoms with van der Waals surface area (Å²) in [6.45, 7) is 3.72. The molecule has 1 saturated carbocycles. The highest BCUT2D eigenvalue weighted by molar-refractivity contribution is 6.55. The summed E-state index contributed by atoms with van der Waals surface area (Å²) >= 11 is 11.0. The third kappa shape index (κ3) is 1.22. The fourth-order valence-electron chi connectivity index (χ4n) is 1.71. The second kappa shape index (κ2) is 2.91. The molecule has 0 saturated heterocycles. The van der Waals surface area contributed by atoms with Crippen LogP contribution in [0.15, 0.2) is 10.6 Å². The van der Waals surface area contributed by atoms with Crippen molar-refractivity contribution in [1.82, 2.24) is 0 Å². The van der Waals surface area contributed by atoms with E-state index in [2.05, 4.69) is 0 Å². The summed E-state index contributed by atoms with van der Waals surface area (Å²) in [5.41, 5.74) is -1.31. The summed E-state index contributed by atoms with van der Waals surface area (Å²) in [6, 6.07) is 4.05. The number of halogens is 2. The Morgan fingerprint density at radius 3 is 2.00 bits per heavy atom. The number of nitrogens with zero attached hydrogens (tertiary/aromatic N) is 2. The minimum Gasteiger partial charge on any atom is -0.197 e. The van der Waals surface area contributed by atoms with Gasteiger partial charge in [0.05, 0.1) is 12.1 Å². The molecule has 1 aliphatic carbocycles. The van der Waals surface area contributed by atoms with Crippen LogP contribution >= 0.6 is 23.2 Å². The maximum absolute atomic E-state index is 8.89. The van der Waals surface area contributed by atoms with Gasteiger partial charge < -0.3 is 0 Å². The summed E-state index contributed by atoms with van der Waals surface area (Å²) in [5.74, 6) is -0.167. The molecule has 0 heterocycles. The monoisotopic (exact) mass is 214 g/mol. The van der Waals surface area contributed by atoms with Gasteiger partial charge in [-0.1, -0.05) is 37.0 Å². The lowest BCUT2D eigenvalue weighted by Crippen LogP contribution is -2.01. The van der Waals surface area contributed by atoms with Gasteiger partial charge >= 0.3 is 0 Å². The predicted molar refractivity (Wildman–Crippen MR) is 50.7 cm³/mol. The second-order valence-corrected chi connectivity index (χ2v) is 4.70. The third-order valence-electron chi connectivity index (χ3n) is 2.82. The molecule has 0 N–H and O–H groups in total. The topological polar surface area (TPSA) is 47.6 Å². The van der Waals surface area contributed by atoms with Crippen LogP contribution in [0.4, 0.5) is 0 Å². The summed E-state index contributed by atoms with van der Waals surface area (Å²) < 4.78 is 0.116. The largest absolute Gasteiger partial charge is 0.197 e. The van der Waals surface area contributed by atoms with Crippen LogP contribution < -0.4 is 0 Å². The van der Waals surface area contributed by atoms with Crippen LogP contribution in [0.2, 0.25) is 0 Å². The molecule has 1 fully saturated rings. The Hall–Kier alpha value is -0.700. The maximum atomic E-state index is 8.89. The SMILES string of the molecule is CC1(C)C(C=C(Cl)Cl)C1(C#N)C#N. The molecule has 0 spiro atoms. The molecule has 4 heteroatoms. The Bertz CT molecular complexity index is 326. The molecule has 1 atom stereocenters. The van der Waals surface area contributed by atoms with Crippen LogP contribution in [0.5, 0.6) is 0 Å². The van der Waals surface area contributed by atoms with Crippen molar-refractivity contribution in [2.75, 3.05) is 0 Å². The molecule has 0 bridgehead atoms. The van der Waals surface area contributed by atoms with E-state index in [1.165, 1.54) is 0 Å². The van der Waals surface area contributed by atoms with E-state index in [0.29, 0.717) is 0 Å². The van der Waals surface area contributed by atoms with E-state index < -0.39 is 5.41 Å². The van der Waals surface area contributed by atoms with Crippen molar-refractivity contribution >= 4 is 23.2 Å². The van der Waals surface area contributed by atoms with Gasteiger partial charge in [0.2, 0.25) is 0 Å². The first-order chi connectivity index (χ1) is 5.92. The standard InChI is InChI=1S/C9H8Cl2N2/c1-8(2)6(3-7(10)11)9(8,4-12)5-13/h3,6H,1-2H3. The number of hydrogen-bond donors (Lipinski definition) is 0. The highest BCUT2D eigenvalue weighted by Gasteiger charge is 2.72. The molecule has 0 aliphatic heterocycles. The molecular formula is C9H8Cl2N2. The molecule has 0 aromatic rings. The van der Waals surface area contributed by atoms with Crippen molar-refractivity contribution in [1.29, 1.82) is 10.5 Å². The van der Waals surface area contributed by atoms with Crippen molar-refractivity contribution in [3.8, 4) is 12.1 Å². The fraction of sp³-hybridized carbons (Fsp3) is 0.556. The van der Waals surface area contributed by atoms with Gasteiger partial charge in [0.25, 0.3) is 0 Å². The first-order valence-corrected chi connectivity index (χ1v) is 4.53. The van der Waals surface area contributed by atoms with Gasteiger partial charge in [-0.05, 0) is 6.08 Å². The summed E-state index contributed by atoms with van der Waals surface area (Å²) in [7, 11) is 0. The van der Waals surface area contributed by atoms with E-state index in [4.69, 9.17) is 33.7 Å². The van der Waals surface area contributed by atoms with Crippen molar-refractivity contribution < 1.29 is 0 Å². The summed E-state index contributed by atoms with van der Waals surface area (Å²) in [4.78, 5) is 0. The lowest BCUT2D eigenvalue weighted by molar-refractivity contribution is 0.549. The van der Waals surface area contributed by atoms with E-state index in [0.717, 1.165) is 0 Å². The van der Waals surface area contributed by atoms with Gasteiger partial charge in [0, 0.05) is 11.3 Å². The number of rotatable bonds is 1. The zero-order valence-corrected chi connectivity index (χ0v) is 8.82. The number of hydrogen-bond acceptors (Lipinski definition) is 2. The molecular weight excluding hydrogens is 207 g/mol. The highest BCUT2D eigenvalue weighted by atomic mass is 35.5. The van der Waals surface area contributed by atoms with Gasteiger partial charge in [-0.15, -0.1) is 0 Å². The molecule has 1 aliphatic rings. The van der Waals surface area contributed by atoms with Gasteiger partial charge in [-0.2, -0.15) is 10.5 Å². The summed E-state index contributed by atoms with van der Waals surface area (Å²) in [6.07, 6.45) is 1.57. The zero-order chi connectivity index (χ0) is 10.3. The molecule has 0 amide bonds. The van der Waals surface area contributed by atoms with Crippen molar-refractivity contribution in [2.24, 2.45) is 16.7 Å². The van der Waals surface area contributed by atoms with Crippen molar-refractivity contribution in [3.63, 3.8) is 0 Å². The Kier molecular flexibility index (Phi) is 2.32. The first-order valence-electron chi connectivity index (χ1n) is 3.77. The smallest absolute Gasteiger partial charge is 0.156 e. The van der Waals surface area contributed by atoms with Gasteiger partial charge in [0.1, 0.15) is 4.49 Å². The molecule has 1 rings (SSSR count). The van der Waals surface area contributed by atoms with E-state index in [1.54, 1.807) is 6.08 Å². The molecule has 0 radical (unpaired) electrons. The molecule has 2 nitrogen and oxygen atoms in total. The molecule has 0 aromatic carbocycles. The average Bonchev–Trinajstić information content (AvgIpc) is 2.48. The maximum Gasteiger partial charge on any atom is 0.156 e. The Balaban J connectivity index is 3.04. The van der Waals surface area contributed by atoms with Crippen molar-refractivity contribution in [2.45, 2.75) is 13.8 Å². The molecule has 68 valence electrons. The van der Waals surface area contributed by atoms with Crippen LogP contribution in [0, 0.1) is 39.4 Å². The second-order valence-electron chi connectivity index (χ2n) is 3.69. The van der Waals surface area contributed by atoms with Crippen LogP contribution in [0.1, 0.15) is 13.8 Å². The van der Waals surface area contributed by atoms with E-state index >= 15 is 0 Å². The average molecular weight is 215 g/mol. The molecule has 13 heavy (non-hydrogen) atoms. The third-order valence-corrected chi connectivity index (χ3v) is 3.07. The van der Waals surface area contributed by atoms with E-state index in [-0.39, 0.29) is 15.8 Å². The first kappa shape index (κ1) is 10.4. The highest BCUT2D eigenvalue weighted by Crippen LogP contribution is 2.69. The van der Waals surface area contributed by atoms with Crippen LogP contribution in [0.25, 0.3) is 0 Å². The van der Waals surface area contributed by atoms with Gasteiger partial charge in [0.15, 0.2) is 5.41 Å². The van der Waals surface area contributed by atoms with E-state index in [1.807, 2.05) is 26.0 Å².